The smallest absolute Gasteiger partial charge is 0.228 e. The molecular weight excluding hydrogens is 278 g/mol. The van der Waals surface area contributed by atoms with Gasteiger partial charge in [0.25, 0.3) is 0 Å². The molecule has 5 heteroatoms. The Labute approximate surface area is 130 Å². The lowest BCUT2D eigenvalue weighted by Crippen LogP contribution is -2.36. The van der Waals surface area contributed by atoms with Crippen molar-refractivity contribution in [1.82, 2.24) is 9.97 Å². The average molecular weight is 297 g/mol. The van der Waals surface area contributed by atoms with Gasteiger partial charge in [-0.05, 0) is 44.5 Å². The van der Waals surface area contributed by atoms with Crippen molar-refractivity contribution in [3.63, 3.8) is 0 Å². The number of hydrogen-bond donors (Lipinski definition) is 0. The Balaban J connectivity index is 2.08. The fourth-order valence-electron chi connectivity index (χ4n) is 2.78. The fraction of sp³-hybridized carbons (Fsp3) is 0.353. The summed E-state index contributed by atoms with van der Waals surface area (Å²) in [5.41, 5.74) is 2.95. The Kier molecular flexibility index (Phi) is 3.79. The number of methoxy groups -OCH3 is 1. The van der Waals surface area contributed by atoms with Crippen molar-refractivity contribution < 1.29 is 9.53 Å². The highest BCUT2D eigenvalue weighted by molar-refractivity contribution is 5.95. The molecule has 0 saturated carbocycles. The molecule has 114 valence electrons. The quantitative estimate of drug-likeness (QED) is 0.874. The number of fused-ring (bicyclic) bond motifs is 1. The summed E-state index contributed by atoms with van der Waals surface area (Å²) in [6, 6.07) is 7.63. The van der Waals surface area contributed by atoms with E-state index in [0.29, 0.717) is 18.8 Å². The first-order valence-electron chi connectivity index (χ1n) is 7.46. The summed E-state index contributed by atoms with van der Waals surface area (Å²) in [6.45, 7) is 4.58. The molecule has 1 aliphatic rings. The number of aryl methyl sites for hydroxylation is 1. The molecule has 1 aromatic heterocycles. The lowest BCUT2D eigenvalue weighted by atomic mass is 10.0. The van der Waals surface area contributed by atoms with E-state index in [4.69, 9.17) is 4.74 Å². The molecule has 3 rings (SSSR count). The third-order valence-electron chi connectivity index (χ3n) is 4.00. The van der Waals surface area contributed by atoms with Gasteiger partial charge < -0.3 is 4.74 Å². The molecule has 0 aliphatic carbocycles. The van der Waals surface area contributed by atoms with Crippen molar-refractivity contribution >= 4 is 11.7 Å². The molecule has 0 saturated heterocycles. The first-order chi connectivity index (χ1) is 10.6. The van der Waals surface area contributed by atoms with Gasteiger partial charge in [0.2, 0.25) is 5.91 Å². The number of carbonyl (C=O) groups is 1. The predicted molar refractivity (Wildman–Crippen MR) is 85.1 cm³/mol. The Morgan fingerprint density at radius 3 is 2.55 bits per heavy atom. The number of nitrogens with zero attached hydrogens (tertiary/aromatic N) is 3. The van der Waals surface area contributed by atoms with Gasteiger partial charge in [0.05, 0.1) is 7.11 Å². The van der Waals surface area contributed by atoms with Crippen LogP contribution in [-0.4, -0.2) is 29.5 Å². The summed E-state index contributed by atoms with van der Waals surface area (Å²) < 4.78 is 5.17. The van der Waals surface area contributed by atoms with Crippen LogP contribution in [-0.2, 0) is 11.2 Å². The summed E-state index contributed by atoms with van der Waals surface area (Å²) in [6.07, 6.45) is 1.26. The second kappa shape index (κ2) is 5.75. The average Bonchev–Trinajstić information content (AvgIpc) is 2.54. The van der Waals surface area contributed by atoms with Gasteiger partial charge in [0, 0.05) is 29.8 Å². The number of benzene rings is 1. The van der Waals surface area contributed by atoms with Gasteiger partial charge in [-0.1, -0.05) is 0 Å². The molecule has 2 aromatic rings. The third-order valence-corrected chi connectivity index (χ3v) is 4.00. The van der Waals surface area contributed by atoms with Gasteiger partial charge in [-0.2, -0.15) is 0 Å². The monoisotopic (exact) mass is 297 g/mol. The topological polar surface area (TPSA) is 55.3 Å². The van der Waals surface area contributed by atoms with E-state index >= 15 is 0 Å². The van der Waals surface area contributed by atoms with Gasteiger partial charge in [0.15, 0.2) is 5.82 Å². The highest BCUT2D eigenvalue weighted by atomic mass is 16.5. The molecule has 0 fully saturated rings. The second-order valence-electron chi connectivity index (χ2n) is 5.30. The largest absolute Gasteiger partial charge is 0.497 e. The molecule has 0 unspecified atom stereocenters. The summed E-state index contributed by atoms with van der Waals surface area (Å²) in [5.74, 6) is 2.33. The van der Waals surface area contributed by atoms with Crippen LogP contribution in [0.4, 0.5) is 5.82 Å². The van der Waals surface area contributed by atoms with Crippen molar-refractivity contribution in [3.8, 4) is 17.1 Å². The molecule has 0 bridgehead atoms. The molecule has 22 heavy (non-hydrogen) atoms. The molecule has 0 atom stereocenters. The number of rotatable bonds is 3. The van der Waals surface area contributed by atoms with E-state index in [1.54, 1.807) is 12.0 Å². The van der Waals surface area contributed by atoms with E-state index in [9.17, 15) is 4.79 Å². The van der Waals surface area contributed by atoms with Gasteiger partial charge in [-0.15, -0.1) is 0 Å². The molecular formula is C17H19N3O2. The predicted octanol–water partition coefficient (Wildman–Crippen LogP) is 2.76. The maximum absolute atomic E-state index is 12.1. The minimum atomic E-state index is 0.133. The maximum atomic E-state index is 12.1. The van der Waals surface area contributed by atoms with Gasteiger partial charge in [0.1, 0.15) is 11.6 Å². The molecule has 5 nitrogen and oxygen atoms in total. The lowest BCUT2D eigenvalue weighted by Gasteiger charge is -2.28. The number of hydrogen-bond acceptors (Lipinski definition) is 4. The second-order valence-corrected chi connectivity index (χ2v) is 5.30. The minimum absolute atomic E-state index is 0.133. The van der Waals surface area contributed by atoms with Crippen molar-refractivity contribution in [2.45, 2.75) is 26.7 Å². The van der Waals surface area contributed by atoms with Gasteiger partial charge >= 0.3 is 0 Å². The molecule has 1 aliphatic heterocycles. The summed E-state index contributed by atoms with van der Waals surface area (Å²) in [5, 5.41) is 0. The normalized spacial score (nSPS) is 14.0. The Hall–Kier alpha value is -2.43. The first kappa shape index (κ1) is 14.5. The van der Waals surface area contributed by atoms with Crippen LogP contribution in [0.3, 0.4) is 0 Å². The standard InChI is InChI=1S/C17H19N3O2/c1-4-20-15(21)10-9-14-11(2)18-16(19-17(14)20)12-5-7-13(22-3)8-6-12/h5-8H,4,9-10H2,1-3H3. The van der Waals surface area contributed by atoms with Crippen LogP contribution in [0.1, 0.15) is 24.6 Å². The highest BCUT2D eigenvalue weighted by Gasteiger charge is 2.26. The van der Waals surface area contributed by atoms with E-state index in [0.717, 1.165) is 34.8 Å². The Bertz CT molecular complexity index is 711. The molecule has 1 amide bonds. The number of carbonyl (C=O) groups excluding carboxylic acids is 1. The van der Waals surface area contributed by atoms with Crippen molar-refractivity contribution in [2.75, 3.05) is 18.6 Å². The van der Waals surface area contributed by atoms with Crippen molar-refractivity contribution in [1.29, 1.82) is 0 Å². The Morgan fingerprint density at radius 1 is 1.18 bits per heavy atom. The molecule has 1 aromatic carbocycles. The fourth-order valence-corrected chi connectivity index (χ4v) is 2.78. The maximum Gasteiger partial charge on any atom is 0.228 e. The van der Waals surface area contributed by atoms with Crippen LogP contribution in [0.5, 0.6) is 5.75 Å². The van der Waals surface area contributed by atoms with Crippen molar-refractivity contribution in [2.24, 2.45) is 0 Å². The van der Waals surface area contributed by atoms with Crippen LogP contribution in [0.25, 0.3) is 11.4 Å². The third kappa shape index (κ3) is 2.43. The first-order valence-corrected chi connectivity index (χ1v) is 7.46. The Morgan fingerprint density at radius 2 is 1.91 bits per heavy atom. The van der Waals surface area contributed by atoms with Crippen LogP contribution in [0.2, 0.25) is 0 Å². The van der Waals surface area contributed by atoms with Crippen LogP contribution in [0.15, 0.2) is 24.3 Å². The molecule has 0 spiro atoms. The summed E-state index contributed by atoms with van der Waals surface area (Å²) >= 11 is 0. The summed E-state index contributed by atoms with van der Waals surface area (Å²) in [7, 11) is 1.64. The zero-order chi connectivity index (χ0) is 15.7. The number of ether oxygens (including phenoxy) is 1. The lowest BCUT2D eigenvalue weighted by molar-refractivity contribution is -0.118. The van der Waals surface area contributed by atoms with Gasteiger partial charge in [-0.3, -0.25) is 9.69 Å². The molecule has 2 heterocycles. The number of anilines is 1. The van der Waals surface area contributed by atoms with Crippen LogP contribution >= 0.6 is 0 Å². The van der Waals surface area contributed by atoms with E-state index in [1.165, 1.54) is 0 Å². The zero-order valence-corrected chi connectivity index (χ0v) is 13.1. The minimum Gasteiger partial charge on any atom is -0.497 e. The SMILES string of the molecule is CCN1C(=O)CCc2c(C)nc(-c3ccc(OC)cc3)nc21. The van der Waals surface area contributed by atoms with E-state index in [1.807, 2.05) is 38.1 Å². The van der Waals surface area contributed by atoms with Gasteiger partial charge in [-0.25, -0.2) is 9.97 Å². The highest BCUT2D eigenvalue weighted by Crippen LogP contribution is 2.30. The number of aromatic nitrogens is 2. The van der Waals surface area contributed by atoms with Crippen molar-refractivity contribution in [3.05, 3.63) is 35.5 Å². The summed E-state index contributed by atoms with van der Waals surface area (Å²) in [4.78, 5) is 23.1. The van der Waals surface area contributed by atoms with Crippen LogP contribution in [0, 0.1) is 6.92 Å². The van der Waals surface area contributed by atoms with E-state index < -0.39 is 0 Å². The van der Waals surface area contributed by atoms with E-state index in [-0.39, 0.29) is 5.91 Å². The molecule has 0 N–H and O–H groups in total. The van der Waals surface area contributed by atoms with Crippen LogP contribution < -0.4 is 9.64 Å². The van der Waals surface area contributed by atoms with E-state index in [2.05, 4.69) is 9.97 Å². The zero-order valence-electron chi connectivity index (χ0n) is 13.1. The molecule has 0 radical (unpaired) electrons. The number of amides is 1.